The number of rotatable bonds is 3. The molecule has 0 amide bonds. The van der Waals surface area contributed by atoms with Crippen LogP contribution in [-0.4, -0.2) is 18.2 Å². The fraction of sp³-hybridized carbons (Fsp3) is 0.150. The molecule has 1 unspecified atom stereocenters. The lowest BCUT2D eigenvalue weighted by atomic mass is 9.87. The summed E-state index contributed by atoms with van der Waals surface area (Å²) in [5.74, 6) is -0.694. The molecular formula is C20H16BrClO3. The Kier molecular flexibility index (Phi) is 5.13. The van der Waals surface area contributed by atoms with Crippen LogP contribution in [0.5, 0.6) is 0 Å². The summed E-state index contributed by atoms with van der Waals surface area (Å²) in [6.45, 7) is 1.87. The van der Waals surface area contributed by atoms with Crippen molar-refractivity contribution < 1.29 is 14.6 Å². The minimum atomic E-state index is -1.38. The maximum atomic E-state index is 12.0. The number of aliphatic hydroxyl groups is 1. The molecular weight excluding hydrogens is 404 g/mol. The normalized spacial score (nSPS) is 12.2. The SMILES string of the molecule is COC(=O)C(O)c1c(C)c(Br)c2ccccc2c1-c1ccc(Cl)cc1. The quantitative estimate of drug-likeness (QED) is 0.575. The van der Waals surface area contributed by atoms with Crippen LogP contribution in [0.15, 0.2) is 53.0 Å². The number of aliphatic hydroxyl groups excluding tert-OH is 1. The predicted molar refractivity (Wildman–Crippen MR) is 104 cm³/mol. The van der Waals surface area contributed by atoms with Crippen LogP contribution in [0, 0.1) is 6.92 Å². The van der Waals surface area contributed by atoms with E-state index < -0.39 is 12.1 Å². The summed E-state index contributed by atoms with van der Waals surface area (Å²) >= 11 is 9.62. The van der Waals surface area contributed by atoms with Gasteiger partial charge in [-0.15, -0.1) is 0 Å². The van der Waals surface area contributed by atoms with E-state index in [0.29, 0.717) is 10.6 Å². The molecule has 0 fully saturated rings. The molecule has 1 N–H and O–H groups in total. The molecule has 1 atom stereocenters. The summed E-state index contributed by atoms with van der Waals surface area (Å²) in [6.07, 6.45) is -1.38. The lowest BCUT2D eigenvalue weighted by molar-refractivity contribution is -0.150. The topological polar surface area (TPSA) is 46.5 Å². The lowest BCUT2D eigenvalue weighted by Gasteiger charge is -2.21. The highest BCUT2D eigenvalue weighted by molar-refractivity contribution is 9.10. The van der Waals surface area contributed by atoms with E-state index in [1.165, 1.54) is 7.11 Å². The van der Waals surface area contributed by atoms with Crippen LogP contribution in [-0.2, 0) is 9.53 Å². The molecule has 3 aromatic carbocycles. The van der Waals surface area contributed by atoms with Gasteiger partial charge in [-0.05, 0) is 62.4 Å². The van der Waals surface area contributed by atoms with Crippen molar-refractivity contribution in [1.29, 1.82) is 0 Å². The number of methoxy groups -OCH3 is 1. The molecule has 25 heavy (non-hydrogen) atoms. The van der Waals surface area contributed by atoms with Gasteiger partial charge in [0.15, 0.2) is 6.10 Å². The molecule has 0 radical (unpaired) electrons. The van der Waals surface area contributed by atoms with Gasteiger partial charge in [0.2, 0.25) is 0 Å². The maximum Gasteiger partial charge on any atom is 0.339 e. The molecule has 0 heterocycles. The highest BCUT2D eigenvalue weighted by Crippen LogP contribution is 2.42. The Morgan fingerprint density at radius 2 is 1.72 bits per heavy atom. The molecule has 3 aromatic rings. The first kappa shape index (κ1) is 17.9. The first-order valence-electron chi connectivity index (χ1n) is 7.68. The number of carbonyl (C=O) groups excluding carboxylic acids is 1. The smallest absolute Gasteiger partial charge is 0.339 e. The average molecular weight is 420 g/mol. The third kappa shape index (κ3) is 3.17. The van der Waals surface area contributed by atoms with E-state index in [-0.39, 0.29) is 0 Å². The Bertz CT molecular complexity index is 951. The number of fused-ring (bicyclic) bond motifs is 1. The molecule has 0 aliphatic heterocycles. The monoisotopic (exact) mass is 418 g/mol. The summed E-state index contributed by atoms with van der Waals surface area (Å²) < 4.78 is 5.60. The van der Waals surface area contributed by atoms with Gasteiger partial charge in [0.05, 0.1) is 7.11 Å². The maximum absolute atomic E-state index is 12.0. The molecule has 0 aliphatic carbocycles. The molecule has 3 nitrogen and oxygen atoms in total. The van der Waals surface area contributed by atoms with Gasteiger partial charge in [0.1, 0.15) is 0 Å². The van der Waals surface area contributed by atoms with Crippen LogP contribution in [0.4, 0.5) is 0 Å². The van der Waals surface area contributed by atoms with Crippen LogP contribution < -0.4 is 0 Å². The van der Waals surface area contributed by atoms with E-state index in [1.54, 1.807) is 12.1 Å². The second-order valence-electron chi connectivity index (χ2n) is 5.71. The van der Waals surface area contributed by atoms with E-state index in [1.807, 2.05) is 43.3 Å². The number of benzene rings is 3. The second kappa shape index (κ2) is 7.16. The fourth-order valence-corrected chi connectivity index (χ4v) is 3.73. The second-order valence-corrected chi connectivity index (χ2v) is 6.94. The number of esters is 1. The summed E-state index contributed by atoms with van der Waals surface area (Å²) in [5.41, 5.74) is 2.99. The van der Waals surface area contributed by atoms with Gasteiger partial charge >= 0.3 is 5.97 Å². The van der Waals surface area contributed by atoms with Gasteiger partial charge in [-0.2, -0.15) is 0 Å². The van der Waals surface area contributed by atoms with Crippen molar-refractivity contribution >= 4 is 44.3 Å². The lowest BCUT2D eigenvalue weighted by Crippen LogP contribution is -2.16. The first-order valence-corrected chi connectivity index (χ1v) is 8.85. The van der Waals surface area contributed by atoms with Crippen molar-refractivity contribution in [1.82, 2.24) is 0 Å². The molecule has 128 valence electrons. The van der Waals surface area contributed by atoms with Gasteiger partial charge < -0.3 is 9.84 Å². The van der Waals surface area contributed by atoms with Crippen LogP contribution >= 0.6 is 27.5 Å². The summed E-state index contributed by atoms with van der Waals surface area (Å²) in [5, 5.41) is 13.2. The number of hydrogen-bond acceptors (Lipinski definition) is 3. The van der Waals surface area contributed by atoms with Crippen molar-refractivity contribution in [2.24, 2.45) is 0 Å². The number of halogens is 2. The Balaban J connectivity index is 2.44. The fourth-order valence-electron chi connectivity index (χ4n) is 3.04. The van der Waals surface area contributed by atoms with Crippen LogP contribution in [0.2, 0.25) is 5.02 Å². The molecule has 3 rings (SSSR count). The average Bonchev–Trinajstić information content (AvgIpc) is 2.64. The van der Waals surface area contributed by atoms with Gasteiger partial charge in [-0.25, -0.2) is 4.79 Å². The molecule has 0 aliphatic rings. The molecule has 5 heteroatoms. The number of hydrogen-bond donors (Lipinski definition) is 1. The summed E-state index contributed by atoms with van der Waals surface area (Å²) in [6, 6.07) is 15.2. The van der Waals surface area contributed by atoms with Crippen molar-refractivity contribution in [3.05, 3.63) is 69.2 Å². The molecule has 0 spiro atoms. The van der Waals surface area contributed by atoms with Gasteiger partial charge in [0, 0.05) is 15.1 Å². The van der Waals surface area contributed by atoms with Crippen LogP contribution in [0.25, 0.3) is 21.9 Å². The van der Waals surface area contributed by atoms with Crippen molar-refractivity contribution in [2.45, 2.75) is 13.0 Å². The van der Waals surface area contributed by atoms with Gasteiger partial charge in [0.25, 0.3) is 0 Å². The van der Waals surface area contributed by atoms with Crippen molar-refractivity contribution in [3.63, 3.8) is 0 Å². The third-order valence-corrected chi connectivity index (χ3v) is 5.54. The van der Waals surface area contributed by atoms with Gasteiger partial charge in [-0.1, -0.05) is 48.0 Å². The number of ether oxygens (including phenoxy) is 1. The Labute approximate surface area is 159 Å². The van der Waals surface area contributed by atoms with E-state index >= 15 is 0 Å². The predicted octanol–water partition coefficient (Wildman–Crippen LogP) is 5.44. The van der Waals surface area contributed by atoms with Gasteiger partial charge in [-0.3, -0.25) is 0 Å². The highest BCUT2D eigenvalue weighted by atomic mass is 79.9. The zero-order chi connectivity index (χ0) is 18.1. The third-order valence-electron chi connectivity index (χ3n) is 4.27. The molecule has 0 saturated carbocycles. The Morgan fingerprint density at radius 1 is 1.12 bits per heavy atom. The number of carbonyl (C=O) groups is 1. The molecule has 0 aromatic heterocycles. The minimum absolute atomic E-state index is 0.528. The Morgan fingerprint density at radius 3 is 2.32 bits per heavy atom. The minimum Gasteiger partial charge on any atom is -0.467 e. The zero-order valence-electron chi connectivity index (χ0n) is 13.7. The highest BCUT2D eigenvalue weighted by Gasteiger charge is 2.27. The summed E-state index contributed by atoms with van der Waals surface area (Å²) in [7, 11) is 1.26. The van der Waals surface area contributed by atoms with E-state index in [2.05, 4.69) is 15.9 Å². The van der Waals surface area contributed by atoms with Crippen LogP contribution in [0.1, 0.15) is 17.2 Å². The zero-order valence-corrected chi connectivity index (χ0v) is 16.1. The first-order chi connectivity index (χ1) is 12.0. The van der Waals surface area contributed by atoms with Crippen molar-refractivity contribution in [3.8, 4) is 11.1 Å². The summed E-state index contributed by atoms with van der Waals surface area (Å²) in [4.78, 5) is 12.0. The van der Waals surface area contributed by atoms with Crippen LogP contribution in [0.3, 0.4) is 0 Å². The molecule has 0 saturated heterocycles. The van der Waals surface area contributed by atoms with Crippen molar-refractivity contribution in [2.75, 3.05) is 7.11 Å². The molecule has 0 bridgehead atoms. The van der Waals surface area contributed by atoms with E-state index in [4.69, 9.17) is 16.3 Å². The standard InChI is InChI=1S/C20H16BrClO3/c1-11-16(19(23)20(24)25-2)17(12-7-9-13(22)10-8-12)14-5-3-4-6-15(14)18(11)21/h3-10,19,23H,1-2H3. The van der Waals surface area contributed by atoms with E-state index in [0.717, 1.165) is 31.9 Å². The van der Waals surface area contributed by atoms with E-state index in [9.17, 15) is 9.90 Å². The largest absolute Gasteiger partial charge is 0.467 e. The Hall–Kier alpha value is -1.88.